The Bertz CT molecular complexity index is 444. The number of aliphatic hydroxyl groups is 1. The molecule has 1 aromatic heterocycles. The zero-order chi connectivity index (χ0) is 13.8. The highest BCUT2D eigenvalue weighted by atomic mass is 16.3. The molecular weight excluding hydrogens is 248 g/mol. The lowest BCUT2D eigenvalue weighted by atomic mass is 10.2. The number of furan rings is 1. The lowest BCUT2D eigenvalue weighted by Gasteiger charge is -2.26. The third-order valence-corrected chi connectivity index (χ3v) is 3.33. The van der Waals surface area contributed by atoms with Gasteiger partial charge in [0.05, 0.1) is 18.9 Å². The van der Waals surface area contributed by atoms with Crippen molar-refractivity contribution < 1.29 is 19.1 Å². The molecular formula is C13H18N2O4. The lowest BCUT2D eigenvalue weighted by Crippen LogP contribution is -2.49. The van der Waals surface area contributed by atoms with Crippen LogP contribution in [0.25, 0.3) is 0 Å². The maximum absolute atomic E-state index is 12.2. The summed E-state index contributed by atoms with van der Waals surface area (Å²) in [5.41, 5.74) is 0. The Hall–Kier alpha value is -1.82. The number of nitrogens with zero attached hydrogens (tertiary/aromatic N) is 1. The molecule has 104 valence electrons. The zero-order valence-corrected chi connectivity index (χ0v) is 10.8. The summed E-state index contributed by atoms with van der Waals surface area (Å²) in [5.74, 6) is -0.401. The maximum atomic E-state index is 12.2. The summed E-state index contributed by atoms with van der Waals surface area (Å²) in [6.07, 6.45) is 3.10. The van der Waals surface area contributed by atoms with E-state index < -0.39 is 11.9 Å². The summed E-state index contributed by atoms with van der Waals surface area (Å²) in [6, 6.07) is 2.39. The molecule has 2 amide bonds. The number of carbonyl (C=O) groups excluding carboxylic acids is 2. The van der Waals surface area contributed by atoms with Crippen molar-refractivity contribution in [3.63, 3.8) is 0 Å². The van der Waals surface area contributed by atoms with Gasteiger partial charge in [0.15, 0.2) is 5.76 Å². The van der Waals surface area contributed by atoms with Gasteiger partial charge in [0.25, 0.3) is 5.91 Å². The summed E-state index contributed by atoms with van der Waals surface area (Å²) < 4.78 is 4.97. The quantitative estimate of drug-likeness (QED) is 0.825. The number of aliphatic hydroxyl groups excluding tert-OH is 1. The normalized spacial score (nSPS) is 20.3. The Kier molecular flexibility index (Phi) is 4.21. The molecule has 2 atom stereocenters. The van der Waals surface area contributed by atoms with E-state index in [0.29, 0.717) is 6.54 Å². The minimum Gasteiger partial charge on any atom is -0.459 e. The standard InChI is InChI=1S/C13H18N2O4/c1-9(14-12(17)11-5-3-7-19-11)13(18)15-6-2-4-10(15)8-16/h3,5,7,9-10,16H,2,4,6,8H2,1H3,(H,14,17)/t9?,10-/m1/s1. The third-order valence-electron chi connectivity index (χ3n) is 3.33. The molecule has 1 aliphatic heterocycles. The molecule has 0 bridgehead atoms. The Morgan fingerprint density at radius 1 is 1.63 bits per heavy atom. The van der Waals surface area contributed by atoms with Crippen molar-refractivity contribution >= 4 is 11.8 Å². The van der Waals surface area contributed by atoms with E-state index in [1.807, 2.05) is 0 Å². The first-order valence-electron chi connectivity index (χ1n) is 6.39. The zero-order valence-electron chi connectivity index (χ0n) is 10.8. The fourth-order valence-corrected chi connectivity index (χ4v) is 2.30. The molecule has 6 nitrogen and oxygen atoms in total. The fourth-order valence-electron chi connectivity index (χ4n) is 2.30. The first-order valence-corrected chi connectivity index (χ1v) is 6.39. The van der Waals surface area contributed by atoms with Crippen LogP contribution in [0.2, 0.25) is 0 Å². The average molecular weight is 266 g/mol. The van der Waals surface area contributed by atoms with Crippen LogP contribution in [0.4, 0.5) is 0 Å². The van der Waals surface area contributed by atoms with Gasteiger partial charge in [-0.2, -0.15) is 0 Å². The van der Waals surface area contributed by atoms with E-state index in [-0.39, 0.29) is 24.3 Å². The summed E-state index contributed by atoms with van der Waals surface area (Å²) in [6.45, 7) is 2.23. The van der Waals surface area contributed by atoms with Crippen LogP contribution < -0.4 is 5.32 Å². The van der Waals surface area contributed by atoms with Gasteiger partial charge in [0, 0.05) is 6.54 Å². The molecule has 2 rings (SSSR count). The van der Waals surface area contributed by atoms with Crippen LogP contribution in [-0.2, 0) is 4.79 Å². The van der Waals surface area contributed by atoms with E-state index >= 15 is 0 Å². The van der Waals surface area contributed by atoms with Crippen molar-refractivity contribution in [1.82, 2.24) is 10.2 Å². The third kappa shape index (κ3) is 2.96. The van der Waals surface area contributed by atoms with E-state index in [9.17, 15) is 14.7 Å². The molecule has 2 N–H and O–H groups in total. The number of carbonyl (C=O) groups is 2. The predicted molar refractivity (Wildman–Crippen MR) is 67.5 cm³/mol. The second-order valence-corrected chi connectivity index (χ2v) is 4.68. The minimum atomic E-state index is -0.634. The van der Waals surface area contributed by atoms with Crippen LogP contribution in [0.1, 0.15) is 30.3 Å². The molecule has 2 heterocycles. The molecule has 1 unspecified atom stereocenters. The van der Waals surface area contributed by atoms with Gasteiger partial charge < -0.3 is 19.7 Å². The molecule has 1 fully saturated rings. The fraction of sp³-hybridized carbons (Fsp3) is 0.538. The first-order chi connectivity index (χ1) is 9.13. The Balaban J connectivity index is 1.94. The van der Waals surface area contributed by atoms with Crippen LogP contribution in [0.15, 0.2) is 22.8 Å². The largest absolute Gasteiger partial charge is 0.459 e. The van der Waals surface area contributed by atoms with Gasteiger partial charge in [0.2, 0.25) is 5.91 Å². The molecule has 1 aromatic rings. The van der Waals surface area contributed by atoms with Gasteiger partial charge in [-0.15, -0.1) is 0 Å². The molecule has 0 aromatic carbocycles. The molecule has 0 spiro atoms. The number of nitrogens with one attached hydrogen (secondary N) is 1. The van der Waals surface area contributed by atoms with E-state index in [1.165, 1.54) is 6.26 Å². The van der Waals surface area contributed by atoms with Gasteiger partial charge in [0.1, 0.15) is 6.04 Å². The van der Waals surface area contributed by atoms with Crippen molar-refractivity contribution in [2.24, 2.45) is 0 Å². The van der Waals surface area contributed by atoms with Crippen LogP contribution >= 0.6 is 0 Å². The molecule has 19 heavy (non-hydrogen) atoms. The van der Waals surface area contributed by atoms with Crippen LogP contribution in [-0.4, -0.2) is 47.1 Å². The Labute approximate surface area is 111 Å². The Morgan fingerprint density at radius 2 is 2.42 bits per heavy atom. The van der Waals surface area contributed by atoms with Gasteiger partial charge in [-0.25, -0.2) is 0 Å². The number of hydrogen-bond donors (Lipinski definition) is 2. The topological polar surface area (TPSA) is 82.8 Å². The highest BCUT2D eigenvalue weighted by molar-refractivity contribution is 5.95. The SMILES string of the molecule is CC(NC(=O)c1ccco1)C(=O)N1CCC[C@@H]1CO. The van der Waals surface area contributed by atoms with E-state index in [1.54, 1.807) is 24.0 Å². The highest BCUT2D eigenvalue weighted by Gasteiger charge is 2.31. The molecule has 0 radical (unpaired) electrons. The summed E-state index contributed by atoms with van der Waals surface area (Å²) in [5, 5.41) is 11.8. The van der Waals surface area contributed by atoms with Crippen LogP contribution in [0, 0.1) is 0 Å². The molecule has 0 saturated carbocycles. The van der Waals surface area contributed by atoms with Crippen molar-refractivity contribution in [2.45, 2.75) is 31.8 Å². The first kappa shape index (κ1) is 13.6. The smallest absolute Gasteiger partial charge is 0.287 e. The van der Waals surface area contributed by atoms with E-state index in [4.69, 9.17) is 4.42 Å². The number of rotatable bonds is 4. The van der Waals surface area contributed by atoms with E-state index in [2.05, 4.69) is 5.32 Å². The molecule has 6 heteroatoms. The predicted octanol–water partition coefficient (Wildman–Crippen LogP) is 0.381. The maximum Gasteiger partial charge on any atom is 0.287 e. The lowest BCUT2D eigenvalue weighted by molar-refractivity contribution is -0.134. The molecule has 1 saturated heterocycles. The minimum absolute atomic E-state index is 0.0371. The Morgan fingerprint density at radius 3 is 3.05 bits per heavy atom. The second-order valence-electron chi connectivity index (χ2n) is 4.68. The highest BCUT2D eigenvalue weighted by Crippen LogP contribution is 2.17. The van der Waals surface area contributed by atoms with Gasteiger partial charge >= 0.3 is 0 Å². The van der Waals surface area contributed by atoms with Crippen molar-refractivity contribution in [2.75, 3.05) is 13.2 Å². The second kappa shape index (κ2) is 5.88. The summed E-state index contributed by atoms with van der Waals surface area (Å²) in [4.78, 5) is 25.6. The van der Waals surface area contributed by atoms with Crippen LogP contribution in [0.5, 0.6) is 0 Å². The van der Waals surface area contributed by atoms with Gasteiger partial charge in [-0.1, -0.05) is 0 Å². The molecule has 1 aliphatic rings. The van der Waals surface area contributed by atoms with E-state index in [0.717, 1.165) is 12.8 Å². The average Bonchev–Trinajstić information content (AvgIpc) is 3.08. The van der Waals surface area contributed by atoms with Crippen LogP contribution in [0.3, 0.4) is 0 Å². The van der Waals surface area contributed by atoms with Crippen molar-refractivity contribution in [3.05, 3.63) is 24.2 Å². The monoisotopic (exact) mass is 266 g/mol. The van der Waals surface area contributed by atoms with Crippen molar-refractivity contribution in [1.29, 1.82) is 0 Å². The summed E-state index contributed by atoms with van der Waals surface area (Å²) >= 11 is 0. The summed E-state index contributed by atoms with van der Waals surface area (Å²) in [7, 11) is 0. The van der Waals surface area contributed by atoms with Gasteiger partial charge in [-0.05, 0) is 31.9 Å². The van der Waals surface area contributed by atoms with Gasteiger partial charge in [-0.3, -0.25) is 9.59 Å². The number of likely N-dealkylation sites (tertiary alicyclic amines) is 1. The number of hydrogen-bond acceptors (Lipinski definition) is 4. The van der Waals surface area contributed by atoms with Crippen molar-refractivity contribution in [3.8, 4) is 0 Å². The number of amides is 2. The molecule has 0 aliphatic carbocycles.